The highest BCUT2D eigenvalue weighted by Crippen LogP contribution is 2.30. The first-order valence-electron chi connectivity index (χ1n) is 10.0. The molecule has 2 amide bonds. The molecule has 0 saturated heterocycles. The maximum Gasteiger partial charge on any atom is 0.332 e. The lowest BCUT2D eigenvalue weighted by molar-refractivity contribution is -0.154. The molecule has 1 aliphatic rings. The van der Waals surface area contributed by atoms with Gasteiger partial charge in [-0.25, -0.2) is 9.59 Å². The van der Waals surface area contributed by atoms with E-state index in [1.807, 2.05) is 32.9 Å². The summed E-state index contributed by atoms with van der Waals surface area (Å²) in [6.07, 6.45) is 4.42. The molecular formula is C22H32N2O5. The van der Waals surface area contributed by atoms with Gasteiger partial charge in [0.25, 0.3) is 0 Å². The lowest BCUT2D eigenvalue weighted by Gasteiger charge is -2.36. The minimum atomic E-state index is -1.07. The highest BCUT2D eigenvalue weighted by molar-refractivity contribution is 5.88. The van der Waals surface area contributed by atoms with Gasteiger partial charge < -0.3 is 24.9 Å². The van der Waals surface area contributed by atoms with Crippen LogP contribution < -0.4 is 15.4 Å². The molecule has 29 heavy (non-hydrogen) atoms. The van der Waals surface area contributed by atoms with E-state index in [4.69, 9.17) is 9.47 Å². The zero-order chi connectivity index (χ0) is 21.5. The van der Waals surface area contributed by atoms with E-state index in [0.717, 1.165) is 36.9 Å². The summed E-state index contributed by atoms with van der Waals surface area (Å²) in [4.78, 5) is 36.9. The number of benzene rings is 1. The van der Waals surface area contributed by atoms with Crippen molar-refractivity contribution in [2.45, 2.75) is 71.1 Å². The van der Waals surface area contributed by atoms with Crippen molar-refractivity contribution >= 4 is 18.3 Å². The number of carbonyl (C=O) groups is 3. The molecule has 0 aromatic heterocycles. The van der Waals surface area contributed by atoms with Crippen LogP contribution in [0.2, 0.25) is 0 Å². The molecule has 1 aromatic rings. The molecule has 7 heteroatoms. The summed E-state index contributed by atoms with van der Waals surface area (Å²) < 4.78 is 10.7. The summed E-state index contributed by atoms with van der Waals surface area (Å²) in [5, 5.41) is 5.50. The minimum absolute atomic E-state index is 0.118. The summed E-state index contributed by atoms with van der Waals surface area (Å²) in [5.74, 6) is 0.285. The van der Waals surface area contributed by atoms with Crippen LogP contribution in [0.15, 0.2) is 24.3 Å². The zero-order valence-electron chi connectivity index (χ0n) is 17.7. The lowest BCUT2D eigenvalue weighted by atomic mass is 9.81. The van der Waals surface area contributed by atoms with Crippen molar-refractivity contribution in [3.05, 3.63) is 29.8 Å². The van der Waals surface area contributed by atoms with E-state index in [9.17, 15) is 14.4 Å². The molecule has 0 bridgehead atoms. The first kappa shape index (κ1) is 22.7. The van der Waals surface area contributed by atoms with Gasteiger partial charge in [-0.3, -0.25) is 0 Å². The summed E-state index contributed by atoms with van der Waals surface area (Å²) in [7, 11) is 1.59. The van der Waals surface area contributed by atoms with Crippen molar-refractivity contribution in [3.8, 4) is 5.75 Å². The highest BCUT2D eigenvalue weighted by Gasteiger charge is 2.43. The molecule has 0 radical (unpaired) electrons. The van der Waals surface area contributed by atoms with Gasteiger partial charge >= 0.3 is 12.0 Å². The number of nitrogens with one attached hydrogen (secondary N) is 2. The highest BCUT2D eigenvalue weighted by atomic mass is 16.5. The Hall–Kier alpha value is -2.57. The van der Waals surface area contributed by atoms with Crippen LogP contribution in [-0.4, -0.2) is 37.0 Å². The van der Waals surface area contributed by atoms with Gasteiger partial charge in [-0.1, -0.05) is 52.2 Å². The number of amides is 2. The second kappa shape index (κ2) is 9.76. The fourth-order valence-electron chi connectivity index (χ4n) is 3.39. The maximum absolute atomic E-state index is 12.9. The van der Waals surface area contributed by atoms with Crippen LogP contribution >= 0.6 is 0 Å². The largest absolute Gasteiger partial charge is 0.497 e. The average Bonchev–Trinajstić information content (AvgIpc) is 2.70. The van der Waals surface area contributed by atoms with Crippen molar-refractivity contribution in [2.24, 2.45) is 5.41 Å². The van der Waals surface area contributed by atoms with Gasteiger partial charge in [-0.2, -0.15) is 0 Å². The fraction of sp³-hybridized carbons (Fsp3) is 0.591. The molecule has 2 N–H and O–H groups in total. The van der Waals surface area contributed by atoms with Crippen molar-refractivity contribution in [2.75, 3.05) is 7.11 Å². The van der Waals surface area contributed by atoms with Crippen LogP contribution in [-0.2, 0) is 20.9 Å². The van der Waals surface area contributed by atoms with Crippen LogP contribution in [0.3, 0.4) is 0 Å². The van der Waals surface area contributed by atoms with Gasteiger partial charge in [0, 0.05) is 0 Å². The monoisotopic (exact) mass is 404 g/mol. The molecular weight excluding hydrogens is 372 g/mol. The van der Waals surface area contributed by atoms with Gasteiger partial charge in [0.2, 0.25) is 0 Å². The van der Waals surface area contributed by atoms with Crippen LogP contribution in [0.5, 0.6) is 5.75 Å². The molecule has 1 unspecified atom stereocenters. The quantitative estimate of drug-likeness (QED) is 0.537. The Morgan fingerprint density at radius 3 is 2.28 bits per heavy atom. The number of urea groups is 1. The topological polar surface area (TPSA) is 93.7 Å². The third kappa shape index (κ3) is 6.21. The number of hydrogen-bond acceptors (Lipinski definition) is 5. The molecule has 0 aliphatic heterocycles. The predicted molar refractivity (Wildman–Crippen MR) is 110 cm³/mol. The van der Waals surface area contributed by atoms with Crippen molar-refractivity contribution in [1.82, 2.24) is 10.6 Å². The van der Waals surface area contributed by atoms with E-state index in [1.54, 1.807) is 19.2 Å². The van der Waals surface area contributed by atoms with Crippen LogP contribution in [0.4, 0.5) is 4.79 Å². The van der Waals surface area contributed by atoms with Crippen molar-refractivity contribution in [1.29, 1.82) is 0 Å². The fourth-order valence-corrected chi connectivity index (χ4v) is 3.39. The maximum atomic E-state index is 12.9. The van der Waals surface area contributed by atoms with E-state index in [0.29, 0.717) is 12.8 Å². The van der Waals surface area contributed by atoms with E-state index >= 15 is 0 Å². The lowest BCUT2D eigenvalue weighted by Crippen LogP contribution is -2.60. The Balaban J connectivity index is 2.04. The third-order valence-electron chi connectivity index (χ3n) is 5.34. The third-order valence-corrected chi connectivity index (χ3v) is 5.34. The second-order valence-electron chi connectivity index (χ2n) is 8.65. The molecule has 160 valence electrons. The Labute approximate surface area is 172 Å². The molecule has 1 fully saturated rings. The van der Waals surface area contributed by atoms with Crippen LogP contribution in [0.1, 0.15) is 58.4 Å². The number of aldehydes is 1. The minimum Gasteiger partial charge on any atom is -0.497 e. The van der Waals surface area contributed by atoms with Crippen molar-refractivity contribution < 1.29 is 23.9 Å². The smallest absolute Gasteiger partial charge is 0.332 e. The van der Waals surface area contributed by atoms with E-state index < -0.39 is 29.0 Å². The molecule has 1 aromatic carbocycles. The molecule has 7 nitrogen and oxygen atoms in total. The molecule has 1 saturated carbocycles. The Bertz CT molecular complexity index is 703. The summed E-state index contributed by atoms with van der Waals surface area (Å²) in [6, 6.07) is 6.09. The van der Waals surface area contributed by atoms with E-state index in [1.165, 1.54) is 0 Å². The van der Waals surface area contributed by atoms with Gasteiger partial charge in [-0.15, -0.1) is 0 Å². The normalized spacial score (nSPS) is 17.0. The Morgan fingerprint density at radius 2 is 1.76 bits per heavy atom. The van der Waals surface area contributed by atoms with E-state index in [2.05, 4.69) is 10.6 Å². The molecule has 0 heterocycles. The van der Waals surface area contributed by atoms with Gasteiger partial charge in [0.1, 0.15) is 24.2 Å². The summed E-state index contributed by atoms with van der Waals surface area (Å²) in [5.41, 5.74) is -0.656. The number of esters is 1. The summed E-state index contributed by atoms with van der Waals surface area (Å²) in [6.45, 7) is 5.72. The van der Waals surface area contributed by atoms with Crippen LogP contribution in [0, 0.1) is 5.41 Å². The van der Waals surface area contributed by atoms with Gasteiger partial charge in [0.15, 0.2) is 0 Å². The number of hydrogen-bond donors (Lipinski definition) is 2. The first-order valence-corrected chi connectivity index (χ1v) is 10.0. The standard InChI is InChI=1S/C22H32N2O5/c1-21(2,3)18(14-25)23-20(27)24-22(12-6-5-7-13-22)19(26)29-15-16-8-10-17(28-4)11-9-16/h8-11,14,18H,5-7,12-13,15H2,1-4H3,(H2,23,24,27). The van der Waals surface area contributed by atoms with Gasteiger partial charge in [-0.05, 0) is 36.0 Å². The Kier molecular flexibility index (Phi) is 7.65. The SMILES string of the molecule is COc1ccc(COC(=O)C2(NC(=O)NC(C=O)C(C)(C)C)CCCCC2)cc1. The first-order chi connectivity index (χ1) is 13.7. The second-order valence-corrected chi connectivity index (χ2v) is 8.65. The molecule has 1 atom stereocenters. The van der Waals surface area contributed by atoms with E-state index in [-0.39, 0.29) is 6.61 Å². The molecule has 0 spiro atoms. The Morgan fingerprint density at radius 1 is 1.14 bits per heavy atom. The number of methoxy groups -OCH3 is 1. The van der Waals surface area contributed by atoms with Crippen LogP contribution in [0.25, 0.3) is 0 Å². The number of rotatable bonds is 7. The van der Waals surface area contributed by atoms with Crippen molar-refractivity contribution in [3.63, 3.8) is 0 Å². The van der Waals surface area contributed by atoms with Gasteiger partial charge in [0.05, 0.1) is 13.2 Å². The molecule has 2 rings (SSSR count). The molecule has 1 aliphatic carbocycles. The zero-order valence-corrected chi connectivity index (χ0v) is 17.7. The average molecular weight is 405 g/mol. The predicted octanol–water partition coefficient (Wildman–Crippen LogP) is 3.35. The summed E-state index contributed by atoms with van der Waals surface area (Å²) >= 11 is 0. The number of ether oxygens (including phenoxy) is 2. The number of carbonyl (C=O) groups excluding carboxylic acids is 3.